The zero-order valence-corrected chi connectivity index (χ0v) is 15.4. The van der Waals surface area contributed by atoms with Gasteiger partial charge in [0, 0.05) is 10.6 Å². The maximum absolute atomic E-state index is 12.9. The maximum atomic E-state index is 12.9. The number of carbonyl (C=O) groups excluding carboxylic acids is 2. The second-order valence-corrected chi connectivity index (χ2v) is 6.28. The van der Waals surface area contributed by atoms with Crippen LogP contribution in [0.4, 0.5) is 5.82 Å². The van der Waals surface area contributed by atoms with E-state index in [9.17, 15) is 14.4 Å². The van der Waals surface area contributed by atoms with Crippen LogP contribution in [0.3, 0.4) is 0 Å². The minimum absolute atomic E-state index is 0.0226. The highest BCUT2D eigenvalue weighted by Crippen LogP contribution is 2.21. The highest BCUT2D eigenvalue weighted by atomic mass is 35.5. The van der Waals surface area contributed by atoms with Gasteiger partial charge in [0.2, 0.25) is 0 Å². The molecule has 142 valence electrons. The number of carbonyl (C=O) groups is 2. The molecular formula is C20H16ClN3O4. The Labute approximate surface area is 165 Å². The number of hydrogen-bond donors (Lipinski definition) is 1. The Morgan fingerprint density at radius 1 is 1.14 bits per heavy atom. The molecule has 0 radical (unpaired) electrons. The number of aromatic nitrogens is 2. The van der Waals surface area contributed by atoms with Crippen LogP contribution < -0.4 is 11.3 Å². The van der Waals surface area contributed by atoms with Crippen molar-refractivity contribution in [2.75, 3.05) is 5.73 Å². The highest BCUT2D eigenvalue weighted by Gasteiger charge is 2.23. The van der Waals surface area contributed by atoms with Crippen molar-refractivity contribution in [2.24, 2.45) is 0 Å². The summed E-state index contributed by atoms with van der Waals surface area (Å²) in [7, 11) is 0. The molecule has 0 spiro atoms. The highest BCUT2D eigenvalue weighted by molar-refractivity contribution is 6.30. The van der Waals surface area contributed by atoms with Crippen molar-refractivity contribution in [3.63, 3.8) is 0 Å². The molecule has 0 saturated carbocycles. The van der Waals surface area contributed by atoms with Gasteiger partial charge in [0.1, 0.15) is 24.5 Å². The molecule has 0 aliphatic carbocycles. The van der Waals surface area contributed by atoms with Gasteiger partial charge in [0.05, 0.1) is 6.54 Å². The third-order valence-electron chi connectivity index (χ3n) is 3.97. The largest absolute Gasteiger partial charge is 0.457 e. The van der Waals surface area contributed by atoms with Gasteiger partial charge in [-0.2, -0.15) is 0 Å². The molecule has 7 nitrogen and oxygen atoms in total. The summed E-state index contributed by atoms with van der Waals surface area (Å²) in [5.74, 6) is -1.01. The first kappa shape index (κ1) is 19.3. The van der Waals surface area contributed by atoms with Gasteiger partial charge >= 0.3 is 5.97 Å². The fraction of sp³-hybridized carbons (Fsp3) is 0.100. The van der Waals surface area contributed by atoms with E-state index >= 15 is 0 Å². The van der Waals surface area contributed by atoms with Crippen LogP contribution in [0.5, 0.6) is 0 Å². The molecule has 0 atom stereocenters. The molecule has 8 heteroatoms. The molecule has 2 N–H and O–H groups in total. The fourth-order valence-electron chi connectivity index (χ4n) is 2.62. The normalized spacial score (nSPS) is 10.5. The van der Waals surface area contributed by atoms with Gasteiger partial charge in [-0.1, -0.05) is 41.9 Å². The number of nitrogen functional groups attached to an aromatic ring is 1. The van der Waals surface area contributed by atoms with E-state index in [-0.39, 0.29) is 24.8 Å². The van der Waals surface area contributed by atoms with E-state index in [1.54, 1.807) is 48.5 Å². The van der Waals surface area contributed by atoms with E-state index < -0.39 is 17.1 Å². The molecule has 0 fully saturated rings. The summed E-state index contributed by atoms with van der Waals surface area (Å²) in [6.07, 6.45) is 0.539. The summed E-state index contributed by atoms with van der Waals surface area (Å²) in [6.45, 7) is -0.311. The van der Waals surface area contributed by atoms with E-state index in [0.29, 0.717) is 16.9 Å². The van der Waals surface area contributed by atoms with Crippen LogP contribution in [0.25, 0.3) is 11.4 Å². The number of nitrogens with two attached hydrogens (primary N) is 1. The second-order valence-electron chi connectivity index (χ2n) is 5.85. The first-order chi connectivity index (χ1) is 13.5. The standard InChI is InChI=1S/C20H16ClN3O4/c21-15-8-6-14(7-9-15)18-23-17(22)16(19(26)24(18)10-11-25)20(27)28-12-13-4-2-1-3-5-13/h1-9,11H,10,12,22H2. The first-order valence-electron chi connectivity index (χ1n) is 8.32. The third-order valence-corrected chi connectivity index (χ3v) is 4.23. The lowest BCUT2D eigenvalue weighted by molar-refractivity contribution is -0.108. The monoisotopic (exact) mass is 397 g/mol. The van der Waals surface area contributed by atoms with Crippen LogP contribution >= 0.6 is 11.6 Å². The van der Waals surface area contributed by atoms with E-state index in [1.165, 1.54) is 0 Å². The van der Waals surface area contributed by atoms with E-state index in [1.807, 2.05) is 6.07 Å². The van der Waals surface area contributed by atoms with Gasteiger partial charge in [-0.15, -0.1) is 0 Å². The summed E-state index contributed by atoms with van der Waals surface area (Å²) in [5.41, 5.74) is 6.02. The molecule has 0 bridgehead atoms. The Bertz CT molecular complexity index is 1060. The van der Waals surface area contributed by atoms with Gasteiger partial charge in [-0.05, 0) is 29.8 Å². The number of hydrogen-bond acceptors (Lipinski definition) is 6. The van der Waals surface area contributed by atoms with Crippen molar-refractivity contribution in [1.29, 1.82) is 0 Å². The van der Waals surface area contributed by atoms with Gasteiger partial charge in [0.15, 0.2) is 5.56 Å². The van der Waals surface area contributed by atoms with Crippen LogP contribution in [0, 0.1) is 0 Å². The van der Waals surface area contributed by atoms with Crippen LogP contribution in [-0.4, -0.2) is 21.8 Å². The lowest BCUT2D eigenvalue weighted by atomic mass is 10.2. The summed E-state index contributed by atoms with van der Waals surface area (Å²) >= 11 is 5.88. The zero-order valence-electron chi connectivity index (χ0n) is 14.7. The molecule has 28 heavy (non-hydrogen) atoms. The van der Waals surface area contributed by atoms with E-state index in [4.69, 9.17) is 22.1 Å². The molecule has 0 aliphatic heterocycles. The predicted molar refractivity (Wildman–Crippen MR) is 105 cm³/mol. The van der Waals surface area contributed by atoms with Gasteiger partial charge in [-0.3, -0.25) is 9.36 Å². The lowest BCUT2D eigenvalue weighted by Gasteiger charge is -2.13. The van der Waals surface area contributed by atoms with Crippen molar-refractivity contribution in [3.8, 4) is 11.4 Å². The van der Waals surface area contributed by atoms with Gasteiger partial charge in [-0.25, -0.2) is 9.78 Å². The summed E-state index contributed by atoms with van der Waals surface area (Å²) in [6, 6.07) is 15.5. The predicted octanol–water partition coefficient (Wildman–Crippen LogP) is 2.70. The number of rotatable bonds is 6. The average molecular weight is 398 g/mol. The van der Waals surface area contributed by atoms with Crippen LogP contribution in [-0.2, 0) is 22.7 Å². The minimum atomic E-state index is -0.902. The summed E-state index contributed by atoms with van der Waals surface area (Å²) in [5, 5.41) is 0.502. The molecular weight excluding hydrogens is 382 g/mol. The van der Waals surface area contributed by atoms with E-state index in [0.717, 1.165) is 10.1 Å². The molecule has 0 amide bonds. The molecule has 3 aromatic rings. The number of nitrogens with zero attached hydrogens (tertiary/aromatic N) is 2. The Balaban J connectivity index is 1.99. The van der Waals surface area contributed by atoms with Crippen LogP contribution in [0.2, 0.25) is 5.02 Å². The quantitative estimate of drug-likeness (QED) is 0.506. The van der Waals surface area contributed by atoms with Gasteiger partial charge < -0.3 is 15.3 Å². The Hall–Kier alpha value is -3.45. The topological polar surface area (TPSA) is 104 Å². The number of esters is 1. The van der Waals surface area contributed by atoms with Crippen molar-refractivity contribution in [3.05, 3.63) is 81.1 Å². The Morgan fingerprint density at radius 2 is 1.82 bits per heavy atom. The van der Waals surface area contributed by atoms with Crippen molar-refractivity contribution < 1.29 is 14.3 Å². The van der Waals surface area contributed by atoms with Crippen molar-refractivity contribution in [1.82, 2.24) is 9.55 Å². The average Bonchev–Trinajstić information content (AvgIpc) is 2.70. The minimum Gasteiger partial charge on any atom is -0.457 e. The number of benzene rings is 2. The number of halogens is 1. The Morgan fingerprint density at radius 3 is 2.46 bits per heavy atom. The van der Waals surface area contributed by atoms with E-state index in [2.05, 4.69) is 4.98 Å². The number of aldehydes is 1. The smallest absolute Gasteiger partial charge is 0.347 e. The molecule has 2 aromatic carbocycles. The number of anilines is 1. The molecule has 0 unspecified atom stereocenters. The first-order valence-corrected chi connectivity index (χ1v) is 8.70. The van der Waals surface area contributed by atoms with Crippen molar-refractivity contribution in [2.45, 2.75) is 13.2 Å². The van der Waals surface area contributed by atoms with Crippen molar-refractivity contribution >= 4 is 29.7 Å². The molecule has 0 aliphatic rings. The third kappa shape index (κ3) is 4.10. The SMILES string of the molecule is Nc1nc(-c2ccc(Cl)cc2)n(CC=O)c(=O)c1C(=O)OCc1ccccc1. The Kier molecular flexibility index (Phi) is 5.86. The second kappa shape index (κ2) is 8.49. The zero-order chi connectivity index (χ0) is 20.1. The molecule has 1 heterocycles. The molecule has 0 saturated heterocycles. The number of ether oxygens (including phenoxy) is 1. The summed E-state index contributed by atoms with van der Waals surface area (Å²) < 4.78 is 6.27. The molecule has 3 rings (SSSR count). The molecule has 1 aromatic heterocycles. The summed E-state index contributed by atoms with van der Waals surface area (Å²) in [4.78, 5) is 40.5. The van der Waals surface area contributed by atoms with Crippen LogP contribution in [0.15, 0.2) is 59.4 Å². The fourth-order valence-corrected chi connectivity index (χ4v) is 2.75. The lowest BCUT2D eigenvalue weighted by Crippen LogP contribution is -2.31. The maximum Gasteiger partial charge on any atom is 0.347 e. The van der Waals surface area contributed by atoms with Gasteiger partial charge in [0.25, 0.3) is 5.56 Å². The van der Waals surface area contributed by atoms with Crippen LogP contribution in [0.1, 0.15) is 15.9 Å².